The van der Waals surface area contributed by atoms with E-state index < -0.39 is 5.91 Å². The monoisotopic (exact) mass is 490 g/mol. The molecule has 3 aromatic carbocycles. The van der Waals surface area contributed by atoms with Crippen LogP contribution in [0, 0.1) is 11.3 Å². The number of ether oxygens (including phenoxy) is 1. The highest BCUT2D eigenvalue weighted by Crippen LogP contribution is 2.28. The van der Waals surface area contributed by atoms with Crippen molar-refractivity contribution >= 4 is 64.1 Å². The molecule has 0 saturated carbocycles. The molecule has 31 heavy (non-hydrogen) atoms. The van der Waals surface area contributed by atoms with Gasteiger partial charge in [-0.2, -0.15) is 5.26 Å². The third kappa shape index (κ3) is 6.40. The molecule has 4 nitrogen and oxygen atoms in total. The van der Waals surface area contributed by atoms with Crippen LogP contribution in [0.1, 0.15) is 11.1 Å². The Balaban J connectivity index is 1.83. The van der Waals surface area contributed by atoms with Gasteiger partial charge >= 0.3 is 0 Å². The first-order chi connectivity index (χ1) is 14.9. The van der Waals surface area contributed by atoms with E-state index in [4.69, 9.17) is 51.1 Å². The summed E-state index contributed by atoms with van der Waals surface area (Å²) in [5.41, 5.74) is 1.60. The van der Waals surface area contributed by atoms with Crippen molar-refractivity contribution in [1.82, 2.24) is 0 Å². The molecule has 0 heterocycles. The fourth-order valence-electron chi connectivity index (χ4n) is 2.59. The normalized spacial score (nSPS) is 11.0. The smallest absolute Gasteiger partial charge is 0.266 e. The fraction of sp³-hybridized carbons (Fsp3) is 0.0435. The molecular weight excluding hydrogens is 478 g/mol. The molecule has 0 aliphatic rings. The van der Waals surface area contributed by atoms with Gasteiger partial charge < -0.3 is 10.1 Å². The van der Waals surface area contributed by atoms with Gasteiger partial charge in [-0.15, -0.1) is 0 Å². The number of amides is 1. The number of hydrogen-bond acceptors (Lipinski definition) is 3. The predicted molar refractivity (Wildman–Crippen MR) is 126 cm³/mol. The third-order valence-corrected chi connectivity index (χ3v) is 5.21. The van der Waals surface area contributed by atoms with Crippen molar-refractivity contribution in [2.45, 2.75) is 6.61 Å². The lowest BCUT2D eigenvalue weighted by Gasteiger charge is -2.12. The number of benzene rings is 3. The Kier molecular flexibility index (Phi) is 7.84. The summed E-state index contributed by atoms with van der Waals surface area (Å²) in [6.07, 6.45) is 1.41. The number of hydrogen-bond donors (Lipinski definition) is 1. The molecule has 0 unspecified atom stereocenters. The SMILES string of the molecule is N#C/C(=C\c1cc(Cl)ccc1OCc1ccc(Cl)cc1Cl)C(=O)Nc1ccc(Cl)cc1. The molecule has 0 spiro atoms. The van der Waals surface area contributed by atoms with E-state index in [0.717, 1.165) is 5.56 Å². The lowest BCUT2D eigenvalue weighted by atomic mass is 10.1. The molecule has 0 atom stereocenters. The number of carbonyl (C=O) groups excluding carboxylic acids is 1. The van der Waals surface area contributed by atoms with E-state index in [9.17, 15) is 10.1 Å². The van der Waals surface area contributed by atoms with Crippen LogP contribution in [0.25, 0.3) is 6.08 Å². The van der Waals surface area contributed by atoms with Crippen LogP contribution in [0.15, 0.2) is 66.2 Å². The first-order valence-electron chi connectivity index (χ1n) is 8.90. The van der Waals surface area contributed by atoms with Crippen molar-refractivity contribution in [3.63, 3.8) is 0 Å². The quantitative estimate of drug-likeness (QED) is 0.288. The summed E-state index contributed by atoms with van der Waals surface area (Å²) in [7, 11) is 0. The van der Waals surface area contributed by atoms with Gasteiger partial charge in [0, 0.05) is 36.9 Å². The minimum atomic E-state index is -0.573. The van der Waals surface area contributed by atoms with E-state index >= 15 is 0 Å². The number of nitrogens with zero attached hydrogens (tertiary/aromatic N) is 1. The van der Waals surface area contributed by atoms with Gasteiger partial charge in [-0.25, -0.2) is 0 Å². The maximum atomic E-state index is 12.5. The summed E-state index contributed by atoms with van der Waals surface area (Å²) >= 11 is 24.1. The second-order valence-electron chi connectivity index (χ2n) is 6.34. The molecule has 3 rings (SSSR count). The summed E-state index contributed by atoms with van der Waals surface area (Å²) in [5, 5.41) is 14.1. The summed E-state index contributed by atoms with van der Waals surface area (Å²) in [6.45, 7) is 0.164. The van der Waals surface area contributed by atoms with Crippen LogP contribution in [0.3, 0.4) is 0 Å². The molecule has 0 aromatic heterocycles. The Morgan fingerprint density at radius 2 is 1.58 bits per heavy atom. The summed E-state index contributed by atoms with van der Waals surface area (Å²) in [4.78, 5) is 12.5. The highest BCUT2D eigenvalue weighted by atomic mass is 35.5. The molecule has 0 fully saturated rings. The number of anilines is 1. The average Bonchev–Trinajstić information content (AvgIpc) is 2.74. The number of nitriles is 1. The van der Waals surface area contributed by atoms with Crippen LogP contribution in [0.5, 0.6) is 5.75 Å². The third-order valence-electron chi connectivity index (χ3n) is 4.14. The van der Waals surface area contributed by atoms with E-state index in [1.54, 1.807) is 60.7 Å². The zero-order valence-electron chi connectivity index (χ0n) is 15.8. The molecule has 0 radical (unpaired) electrons. The Bertz CT molecular complexity index is 1190. The van der Waals surface area contributed by atoms with Crippen LogP contribution in [0.2, 0.25) is 20.1 Å². The summed E-state index contributed by atoms with van der Waals surface area (Å²) in [6, 6.07) is 18.5. The molecule has 0 bridgehead atoms. The number of rotatable bonds is 6. The highest BCUT2D eigenvalue weighted by molar-refractivity contribution is 6.35. The minimum absolute atomic E-state index is 0.119. The molecule has 3 aromatic rings. The zero-order valence-corrected chi connectivity index (χ0v) is 18.9. The minimum Gasteiger partial charge on any atom is -0.488 e. The lowest BCUT2D eigenvalue weighted by Crippen LogP contribution is -2.13. The van der Waals surface area contributed by atoms with Crippen molar-refractivity contribution in [2.75, 3.05) is 5.32 Å². The zero-order chi connectivity index (χ0) is 22.4. The molecular formula is C23H14Cl4N2O2. The topological polar surface area (TPSA) is 62.1 Å². The van der Waals surface area contributed by atoms with Crippen LogP contribution in [-0.2, 0) is 11.4 Å². The first-order valence-corrected chi connectivity index (χ1v) is 10.4. The van der Waals surface area contributed by atoms with Gasteiger partial charge in [0.25, 0.3) is 5.91 Å². The number of nitrogens with one attached hydrogen (secondary N) is 1. The van der Waals surface area contributed by atoms with Gasteiger partial charge in [-0.1, -0.05) is 52.5 Å². The Morgan fingerprint density at radius 1 is 0.935 bits per heavy atom. The van der Waals surface area contributed by atoms with E-state index in [2.05, 4.69) is 5.32 Å². The van der Waals surface area contributed by atoms with Crippen LogP contribution >= 0.6 is 46.4 Å². The van der Waals surface area contributed by atoms with Crippen LogP contribution in [0.4, 0.5) is 5.69 Å². The molecule has 0 saturated heterocycles. The lowest BCUT2D eigenvalue weighted by molar-refractivity contribution is -0.112. The second-order valence-corrected chi connectivity index (χ2v) is 8.05. The highest BCUT2D eigenvalue weighted by Gasteiger charge is 2.13. The Hall–Kier alpha value is -2.68. The molecule has 1 amide bonds. The maximum absolute atomic E-state index is 12.5. The maximum Gasteiger partial charge on any atom is 0.266 e. The van der Waals surface area contributed by atoms with Crippen molar-refractivity contribution in [2.24, 2.45) is 0 Å². The van der Waals surface area contributed by atoms with Gasteiger partial charge in [-0.05, 0) is 60.7 Å². The van der Waals surface area contributed by atoms with E-state index in [1.165, 1.54) is 6.08 Å². The van der Waals surface area contributed by atoms with Gasteiger partial charge in [0.2, 0.25) is 0 Å². The van der Waals surface area contributed by atoms with E-state index in [1.807, 2.05) is 6.07 Å². The van der Waals surface area contributed by atoms with Gasteiger partial charge in [-0.3, -0.25) is 4.79 Å². The van der Waals surface area contributed by atoms with Gasteiger partial charge in [0.1, 0.15) is 24.0 Å². The standard InChI is InChI=1S/C23H14Cl4N2O2/c24-17-3-6-20(7-4-17)29-23(30)16(12-28)9-15-10-18(25)5-8-22(15)31-13-14-1-2-19(26)11-21(14)27/h1-11H,13H2,(H,29,30)/b16-9+. The van der Waals surface area contributed by atoms with Crippen molar-refractivity contribution in [3.8, 4) is 11.8 Å². The fourth-order valence-corrected chi connectivity index (χ4v) is 3.36. The van der Waals surface area contributed by atoms with Crippen molar-refractivity contribution in [1.29, 1.82) is 5.26 Å². The second kappa shape index (κ2) is 10.6. The predicted octanol–water partition coefficient (Wildman–Crippen LogP) is 7.42. The first kappa shape index (κ1) is 23.0. The van der Waals surface area contributed by atoms with Crippen LogP contribution < -0.4 is 10.1 Å². The van der Waals surface area contributed by atoms with Crippen molar-refractivity contribution in [3.05, 3.63) is 97.5 Å². The van der Waals surface area contributed by atoms with Crippen LogP contribution in [-0.4, -0.2) is 5.91 Å². The molecule has 1 N–H and O–H groups in total. The largest absolute Gasteiger partial charge is 0.488 e. The number of halogens is 4. The molecule has 0 aliphatic heterocycles. The van der Waals surface area contributed by atoms with E-state index in [-0.39, 0.29) is 12.2 Å². The molecule has 8 heteroatoms. The van der Waals surface area contributed by atoms with Crippen molar-refractivity contribution < 1.29 is 9.53 Å². The van der Waals surface area contributed by atoms with Gasteiger partial charge in [0.05, 0.1) is 0 Å². The number of carbonyl (C=O) groups is 1. The Labute approximate surface area is 199 Å². The molecule has 0 aliphatic carbocycles. The summed E-state index contributed by atoms with van der Waals surface area (Å²) in [5.74, 6) is -0.140. The van der Waals surface area contributed by atoms with E-state index in [0.29, 0.717) is 37.1 Å². The van der Waals surface area contributed by atoms with Gasteiger partial charge in [0.15, 0.2) is 0 Å². The molecule has 156 valence electrons. The summed E-state index contributed by atoms with van der Waals surface area (Å²) < 4.78 is 5.87. The Morgan fingerprint density at radius 3 is 2.26 bits per heavy atom. The average molecular weight is 492 g/mol.